The van der Waals surface area contributed by atoms with Crippen molar-refractivity contribution in [3.63, 3.8) is 0 Å². The highest BCUT2D eigenvalue weighted by molar-refractivity contribution is 5.92. The number of aromatic amines is 1. The molecule has 34 heavy (non-hydrogen) atoms. The number of piperidine rings is 1. The van der Waals surface area contributed by atoms with E-state index in [-0.39, 0.29) is 30.1 Å². The van der Waals surface area contributed by atoms with Gasteiger partial charge in [0.2, 0.25) is 5.91 Å². The van der Waals surface area contributed by atoms with Crippen LogP contribution in [0.5, 0.6) is 5.75 Å². The molecule has 1 fully saturated rings. The van der Waals surface area contributed by atoms with E-state index in [1.165, 1.54) is 6.33 Å². The number of H-pyrrole nitrogens is 1. The maximum Gasteiger partial charge on any atom is 0.231 e. The Hall–Kier alpha value is -3.53. The number of rotatable bonds is 6. The molecule has 5 heterocycles. The molecule has 0 atom stereocenters. The quantitative estimate of drug-likeness (QED) is 0.452. The summed E-state index contributed by atoms with van der Waals surface area (Å²) in [5, 5.41) is 4.83. The average molecular weight is 466 g/mol. The van der Waals surface area contributed by atoms with Crippen LogP contribution < -0.4 is 10.5 Å². The molecule has 1 aliphatic rings. The minimum atomic E-state index is -0.341. The second kappa shape index (κ2) is 8.68. The van der Waals surface area contributed by atoms with Gasteiger partial charge in [0.1, 0.15) is 6.33 Å². The summed E-state index contributed by atoms with van der Waals surface area (Å²) in [6.07, 6.45) is 6.53. The van der Waals surface area contributed by atoms with E-state index < -0.39 is 0 Å². The highest BCUT2D eigenvalue weighted by Crippen LogP contribution is 2.40. The molecular weight excluding hydrogens is 437 g/mol. The third-order valence-electron chi connectivity index (χ3n) is 6.63. The van der Waals surface area contributed by atoms with Crippen molar-refractivity contribution in [2.45, 2.75) is 38.5 Å². The minimum Gasteiger partial charge on any atom is -0.493 e. The van der Waals surface area contributed by atoms with Crippen molar-refractivity contribution < 1.29 is 13.9 Å². The number of hydrogen-bond donors (Lipinski definition) is 2. The summed E-state index contributed by atoms with van der Waals surface area (Å²) < 4.78 is 23.2. The number of ether oxygens (including phenoxy) is 1. The Morgan fingerprint density at radius 2 is 2.09 bits per heavy atom. The average Bonchev–Trinajstić information content (AvgIpc) is 3.44. The highest BCUT2D eigenvalue weighted by atomic mass is 19.1. The molecule has 0 aliphatic carbocycles. The molecule has 10 heteroatoms. The van der Waals surface area contributed by atoms with Crippen LogP contribution in [0.2, 0.25) is 0 Å². The summed E-state index contributed by atoms with van der Waals surface area (Å²) >= 11 is 0. The van der Waals surface area contributed by atoms with Gasteiger partial charge in [-0.1, -0.05) is 13.8 Å². The first kappa shape index (κ1) is 22.3. The lowest BCUT2D eigenvalue weighted by Crippen LogP contribution is -2.39. The molecule has 1 aliphatic heterocycles. The van der Waals surface area contributed by atoms with Crippen molar-refractivity contribution in [3.05, 3.63) is 41.9 Å². The predicted octanol–water partition coefficient (Wildman–Crippen LogP) is 3.21. The van der Waals surface area contributed by atoms with Gasteiger partial charge in [-0.25, -0.2) is 13.9 Å². The van der Waals surface area contributed by atoms with Crippen LogP contribution in [0.3, 0.4) is 0 Å². The molecule has 4 aromatic rings. The molecule has 0 bridgehead atoms. The van der Waals surface area contributed by atoms with Gasteiger partial charge in [-0.05, 0) is 43.5 Å². The number of likely N-dealkylation sites (tertiary alicyclic amines) is 1. The SMILES string of the molecule is COc1cc(-c2[nH]c3cnc(C4CCN(CC(N)=O)CC4)c(F)c3c2C(C)C)cn2ncnc12. The number of amides is 1. The molecule has 0 aromatic carbocycles. The first-order valence-electron chi connectivity index (χ1n) is 11.5. The zero-order chi connectivity index (χ0) is 24.0. The molecule has 0 unspecified atom stereocenters. The van der Waals surface area contributed by atoms with Crippen LogP contribution in [-0.4, -0.2) is 62.1 Å². The summed E-state index contributed by atoms with van der Waals surface area (Å²) in [6, 6.07) is 1.89. The van der Waals surface area contributed by atoms with E-state index >= 15 is 4.39 Å². The summed E-state index contributed by atoms with van der Waals surface area (Å²) in [5.41, 5.74) is 9.62. The fraction of sp³-hybridized carbons (Fsp3) is 0.417. The Morgan fingerprint density at radius 3 is 2.76 bits per heavy atom. The largest absolute Gasteiger partial charge is 0.493 e. The fourth-order valence-corrected chi connectivity index (χ4v) is 5.04. The molecule has 4 aromatic heterocycles. The van der Waals surface area contributed by atoms with E-state index in [9.17, 15) is 4.79 Å². The lowest BCUT2D eigenvalue weighted by Gasteiger charge is -2.30. The molecule has 0 saturated carbocycles. The second-order valence-electron chi connectivity index (χ2n) is 9.16. The van der Waals surface area contributed by atoms with Crippen LogP contribution in [0.25, 0.3) is 27.8 Å². The summed E-state index contributed by atoms with van der Waals surface area (Å²) in [6.45, 7) is 5.73. The highest BCUT2D eigenvalue weighted by Gasteiger charge is 2.28. The molecule has 1 saturated heterocycles. The number of methoxy groups -OCH3 is 1. The second-order valence-corrected chi connectivity index (χ2v) is 9.16. The van der Waals surface area contributed by atoms with Crippen LogP contribution in [0.1, 0.15) is 49.8 Å². The van der Waals surface area contributed by atoms with Crippen molar-refractivity contribution in [2.75, 3.05) is 26.7 Å². The maximum atomic E-state index is 16.0. The fourth-order valence-electron chi connectivity index (χ4n) is 5.04. The molecule has 5 rings (SSSR count). The Labute approximate surface area is 196 Å². The van der Waals surface area contributed by atoms with Gasteiger partial charge in [-0.3, -0.25) is 14.7 Å². The van der Waals surface area contributed by atoms with E-state index in [0.29, 0.717) is 41.1 Å². The normalized spacial score (nSPS) is 15.6. The number of carbonyl (C=O) groups is 1. The van der Waals surface area contributed by atoms with E-state index in [2.05, 4.69) is 33.9 Å². The van der Waals surface area contributed by atoms with Crippen LogP contribution in [0, 0.1) is 5.82 Å². The van der Waals surface area contributed by atoms with E-state index in [1.807, 2.05) is 17.2 Å². The Bertz CT molecular complexity index is 1370. The number of nitrogens with one attached hydrogen (secondary N) is 1. The number of primary amides is 1. The number of pyridine rings is 2. The lowest BCUT2D eigenvalue weighted by atomic mass is 9.90. The smallest absolute Gasteiger partial charge is 0.231 e. The van der Waals surface area contributed by atoms with Gasteiger partial charge in [-0.2, -0.15) is 5.10 Å². The maximum absolute atomic E-state index is 16.0. The first-order valence-corrected chi connectivity index (χ1v) is 11.5. The molecule has 3 N–H and O–H groups in total. The molecule has 0 radical (unpaired) electrons. The van der Waals surface area contributed by atoms with E-state index in [0.717, 1.165) is 29.7 Å². The van der Waals surface area contributed by atoms with Crippen molar-refractivity contribution >= 4 is 22.5 Å². The number of fused-ring (bicyclic) bond motifs is 2. The first-order chi connectivity index (χ1) is 16.4. The summed E-state index contributed by atoms with van der Waals surface area (Å²) in [5.74, 6) is 0.0318. The van der Waals surface area contributed by atoms with Gasteiger partial charge < -0.3 is 15.5 Å². The zero-order valence-electron chi connectivity index (χ0n) is 19.5. The standard InChI is InChI=1S/C24H28FN7O2/c1-13(2)19-20-16(30-22(19)15-8-17(34-3)24-28-12-29-32(24)10-15)9-27-23(21(20)25)14-4-6-31(7-5-14)11-18(26)33/h8-10,12-14,30H,4-7,11H2,1-3H3,(H2,26,33). The van der Waals surface area contributed by atoms with Crippen molar-refractivity contribution in [3.8, 4) is 17.0 Å². The molecule has 1 amide bonds. The summed E-state index contributed by atoms with van der Waals surface area (Å²) in [4.78, 5) is 25.4. The van der Waals surface area contributed by atoms with Crippen LogP contribution in [-0.2, 0) is 4.79 Å². The number of aromatic nitrogens is 5. The Morgan fingerprint density at radius 1 is 1.32 bits per heavy atom. The number of nitrogens with zero attached hydrogens (tertiary/aromatic N) is 5. The molecule has 178 valence electrons. The number of halogens is 1. The number of nitrogens with two attached hydrogens (primary N) is 1. The molecule has 9 nitrogen and oxygen atoms in total. The van der Waals surface area contributed by atoms with Gasteiger partial charge in [0.05, 0.1) is 36.8 Å². The van der Waals surface area contributed by atoms with Crippen LogP contribution in [0.4, 0.5) is 4.39 Å². The minimum absolute atomic E-state index is 0.00141. The topological polar surface area (TPSA) is 114 Å². The third-order valence-corrected chi connectivity index (χ3v) is 6.63. The number of hydrogen-bond acceptors (Lipinski definition) is 6. The van der Waals surface area contributed by atoms with Gasteiger partial charge in [0.15, 0.2) is 17.2 Å². The van der Waals surface area contributed by atoms with Crippen LogP contribution in [0.15, 0.2) is 24.8 Å². The van der Waals surface area contributed by atoms with Crippen LogP contribution >= 0.6 is 0 Å². The van der Waals surface area contributed by atoms with Crippen molar-refractivity contribution in [1.29, 1.82) is 0 Å². The van der Waals surface area contributed by atoms with E-state index in [1.54, 1.807) is 17.8 Å². The van der Waals surface area contributed by atoms with Crippen molar-refractivity contribution in [2.24, 2.45) is 5.73 Å². The van der Waals surface area contributed by atoms with Gasteiger partial charge in [-0.15, -0.1) is 0 Å². The van der Waals surface area contributed by atoms with Gasteiger partial charge in [0.25, 0.3) is 0 Å². The molecule has 0 spiro atoms. The van der Waals surface area contributed by atoms with E-state index in [4.69, 9.17) is 10.5 Å². The van der Waals surface area contributed by atoms with Gasteiger partial charge >= 0.3 is 0 Å². The third kappa shape index (κ3) is 3.77. The Kier molecular flexibility index (Phi) is 5.68. The lowest BCUT2D eigenvalue weighted by molar-refractivity contribution is -0.119. The number of carbonyl (C=O) groups excluding carboxylic acids is 1. The Balaban J connectivity index is 1.58. The summed E-state index contributed by atoms with van der Waals surface area (Å²) in [7, 11) is 1.59. The predicted molar refractivity (Wildman–Crippen MR) is 126 cm³/mol. The zero-order valence-corrected chi connectivity index (χ0v) is 19.5. The van der Waals surface area contributed by atoms with Crippen molar-refractivity contribution in [1.82, 2.24) is 29.5 Å². The monoisotopic (exact) mass is 465 g/mol. The van der Waals surface area contributed by atoms with Gasteiger partial charge in [0, 0.05) is 23.1 Å². The molecular formula is C24H28FN7O2.